The van der Waals surface area contributed by atoms with Crippen molar-refractivity contribution in [2.24, 2.45) is 0 Å². The van der Waals surface area contributed by atoms with Gasteiger partial charge >= 0.3 is 0 Å². The van der Waals surface area contributed by atoms with Crippen LogP contribution in [0.4, 0.5) is 17.1 Å². The lowest BCUT2D eigenvalue weighted by Gasteiger charge is -2.45. The molecule has 11 rings (SSSR count). The standard InChI is InChI=1S/C60H51B2NSi/c1-40-34-42(3)58(43(4)35-40)61-52-28-19-29-53-60(52)63(56-32-30-47(38-54(56)61)46-20-11-7-12-21-46)57-33-31-51(39-55(57)62(53)59-44(5)36-41(2)37-45(59)6)64(48-22-13-8-14-23-48,49-24-15-9-16-25-49)50-26-17-10-18-27-50/h7-39H,1-6H3/i7D,11D,12D,20D,21D. The molecule has 9 aromatic rings. The molecule has 0 amide bonds. The van der Waals surface area contributed by atoms with Gasteiger partial charge in [0.15, 0.2) is 8.07 Å². The van der Waals surface area contributed by atoms with Crippen LogP contribution in [0.5, 0.6) is 0 Å². The van der Waals surface area contributed by atoms with Gasteiger partial charge in [0.2, 0.25) is 13.4 Å². The van der Waals surface area contributed by atoms with Crippen LogP contribution < -0.4 is 58.4 Å². The number of benzene rings is 9. The van der Waals surface area contributed by atoms with Crippen LogP contribution in [0.2, 0.25) is 0 Å². The second-order valence-corrected chi connectivity index (χ2v) is 21.8. The van der Waals surface area contributed by atoms with Crippen LogP contribution in [-0.2, 0) is 0 Å². The molecule has 2 heterocycles. The van der Waals surface area contributed by atoms with Gasteiger partial charge < -0.3 is 4.90 Å². The van der Waals surface area contributed by atoms with E-state index in [2.05, 4.69) is 210 Å². The first-order chi connectivity index (χ1) is 33.3. The Morgan fingerprint density at radius 3 is 1.30 bits per heavy atom. The molecule has 0 atom stereocenters. The maximum atomic E-state index is 9.08. The number of nitrogens with zero attached hydrogens (tertiary/aromatic N) is 1. The monoisotopic (exact) mass is 840 g/mol. The Kier molecular flexibility index (Phi) is 8.50. The molecular weight excluding hydrogens is 784 g/mol. The van der Waals surface area contributed by atoms with Crippen LogP contribution in [0.3, 0.4) is 0 Å². The van der Waals surface area contributed by atoms with Crippen LogP contribution in [0.25, 0.3) is 11.1 Å². The molecular formula is C60H51B2NSi. The van der Waals surface area contributed by atoms with E-state index in [0.717, 1.165) is 16.8 Å². The number of anilines is 3. The summed E-state index contributed by atoms with van der Waals surface area (Å²) < 4.78 is 43.8. The number of fused-ring (bicyclic) bond motifs is 4. The van der Waals surface area contributed by atoms with Crippen molar-refractivity contribution < 1.29 is 6.85 Å². The van der Waals surface area contributed by atoms with Crippen molar-refractivity contribution in [3.8, 4) is 11.1 Å². The Bertz CT molecular complexity index is 3370. The molecule has 0 fully saturated rings. The van der Waals surface area contributed by atoms with Crippen LogP contribution in [0.15, 0.2) is 200 Å². The zero-order valence-corrected chi connectivity index (χ0v) is 38.3. The largest absolute Gasteiger partial charge is 0.313 e. The van der Waals surface area contributed by atoms with Crippen LogP contribution in [0, 0.1) is 41.5 Å². The van der Waals surface area contributed by atoms with Crippen LogP contribution >= 0.6 is 0 Å². The number of aryl methyl sites for hydroxylation is 6. The summed E-state index contributed by atoms with van der Waals surface area (Å²) in [6.45, 7) is 13.0. The average Bonchev–Trinajstić information content (AvgIpc) is 3.34. The predicted octanol–water partition coefficient (Wildman–Crippen LogP) is 7.71. The van der Waals surface area contributed by atoms with Crippen molar-refractivity contribution in [1.29, 1.82) is 0 Å². The summed E-state index contributed by atoms with van der Waals surface area (Å²) in [7, 11) is -2.96. The second kappa shape index (κ2) is 15.7. The van der Waals surface area contributed by atoms with Crippen molar-refractivity contribution in [1.82, 2.24) is 0 Å². The average molecular weight is 841 g/mol. The first kappa shape index (κ1) is 34.6. The van der Waals surface area contributed by atoms with Gasteiger partial charge in [0.05, 0.1) is 6.85 Å². The zero-order chi connectivity index (χ0) is 48.0. The van der Waals surface area contributed by atoms with E-state index in [1.165, 1.54) is 87.1 Å². The second-order valence-electron chi connectivity index (χ2n) is 18.0. The molecule has 9 aromatic carbocycles. The molecule has 2 aliphatic rings. The third kappa shape index (κ3) is 6.22. The molecule has 0 saturated heterocycles. The Hall–Kier alpha value is -6.87. The van der Waals surface area contributed by atoms with Crippen molar-refractivity contribution in [2.45, 2.75) is 41.5 Å². The molecule has 306 valence electrons. The van der Waals surface area contributed by atoms with Crippen LogP contribution in [-0.4, -0.2) is 21.5 Å². The summed E-state index contributed by atoms with van der Waals surface area (Å²) in [5, 5.41) is 5.25. The van der Waals surface area contributed by atoms with Crippen LogP contribution in [0.1, 0.15) is 40.2 Å². The summed E-state index contributed by atoms with van der Waals surface area (Å²) in [4.78, 5) is 2.48. The number of hydrogen-bond donors (Lipinski definition) is 0. The lowest BCUT2D eigenvalue weighted by molar-refractivity contribution is 1.30. The summed E-state index contributed by atoms with van der Waals surface area (Å²) in [5.41, 5.74) is 18.7. The minimum absolute atomic E-state index is 0.103. The van der Waals surface area contributed by atoms with Gasteiger partial charge in [-0.05, 0) is 107 Å². The summed E-state index contributed by atoms with van der Waals surface area (Å²) >= 11 is 0. The Labute approximate surface area is 388 Å². The van der Waals surface area contributed by atoms with E-state index in [1.807, 2.05) is 6.07 Å². The SMILES string of the molecule is [2H]c1c([2H])c([2H])c(-c2ccc3c(c2)B(c2c(C)cc(C)cc2C)c2cccc4c2N3c2ccc([Si](c3ccccc3)(c3ccccc3)c3ccccc3)cc2B4c2c(C)cc(C)cc2C)c([2H])c1[2H]. The maximum Gasteiger partial charge on any atom is 0.247 e. The fraction of sp³-hybridized carbons (Fsp3) is 0.100. The summed E-state index contributed by atoms with van der Waals surface area (Å²) in [5.74, 6) is 0. The number of hydrogen-bond acceptors (Lipinski definition) is 1. The molecule has 64 heavy (non-hydrogen) atoms. The lowest BCUT2D eigenvalue weighted by atomic mass is 9.29. The quantitative estimate of drug-likeness (QED) is 0.118. The topological polar surface area (TPSA) is 3.24 Å². The first-order valence-electron chi connectivity index (χ1n) is 24.9. The van der Waals surface area contributed by atoms with E-state index in [-0.39, 0.29) is 43.2 Å². The fourth-order valence-electron chi connectivity index (χ4n) is 11.8. The van der Waals surface area contributed by atoms with Gasteiger partial charge in [-0.25, -0.2) is 0 Å². The molecule has 0 aliphatic carbocycles. The van der Waals surface area contributed by atoms with Gasteiger partial charge in [0, 0.05) is 17.1 Å². The molecule has 0 unspecified atom stereocenters. The van der Waals surface area contributed by atoms with Crippen molar-refractivity contribution in [3.05, 3.63) is 233 Å². The van der Waals surface area contributed by atoms with Crippen molar-refractivity contribution in [3.63, 3.8) is 0 Å². The van der Waals surface area contributed by atoms with E-state index in [0.29, 0.717) is 5.56 Å². The van der Waals surface area contributed by atoms with Crippen molar-refractivity contribution in [2.75, 3.05) is 4.90 Å². The van der Waals surface area contributed by atoms with E-state index in [4.69, 9.17) is 6.85 Å². The maximum absolute atomic E-state index is 9.08. The van der Waals surface area contributed by atoms with Gasteiger partial charge in [0.25, 0.3) is 0 Å². The van der Waals surface area contributed by atoms with Gasteiger partial charge in [0.1, 0.15) is 0 Å². The van der Waals surface area contributed by atoms with E-state index >= 15 is 0 Å². The zero-order valence-electron chi connectivity index (χ0n) is 42.3. The summed E-state index contributed by atoms with van der Waals surface area (Å²) in [6.07, 6.45) is 0. The Balaban J connectivity index is 1.27. The molecule has 0 radical (unpaired) electrons. The van der Waals surface area contributed by atoms with E-state index < -0.39 is 14.1 Å². The number of rotatable bonds is 7. The lowest BCUT2D eigenvalue weighted by Crippen LogP contribution is -2.75. The normalized spacial score (nSPS) is 13.8. The highest BCUT2D eigenvalue weighted by atomic mass is 28.3. The van der Waals surface area contributed by atoms with E-state index in [9.17, 15) is 0 Å². The van der Waals surface area contributed by atoms with Gasteiger partial charge in [-0.3, -0.25) is 0 Å². The Morgan fingerprint density at radius 1 is 0.391 bits per heavy atom. The molecule has 0 spiro atoms. The highest BCUT2D eigenvalue weighted by Crippen LogP contribution is 2.39. The third-order valence-corrected chi connectivity index (χ3v) is 18.8. The molecule has 1 nitrogen and oxygen atoms in total. The molecule has 0 bridgehead atoms. The Morgan fingerprint density at radius 2 is 0.828 bits per heavy atom. The van der Waals surface area contributed by atoms with Gasteiger partial charge in [-0.15, -0.1) is 0 Å². The fourth-order valence-corrected chi connectivity index (χ4v) is 16.5. The summed E-state index contributed by atoms with van der Waals surface area (Å²) in [6, 6.07) is 61.5. The first-order valence-corrected chi connectivity index (χ1v) is 24.4. The highest BCUT2D eigenvalue weighted by Gasteiger charge is 2.47. The molecule has 2 aliphatic heterocycles. The van der Waals surface area contributed by atoms with Gasteiger partial charge in [-0.1, -0.05) is 232 Å². The van der Waals surface area contributed by atoms with Crippen molar-refractivity contribution >= 4 is 92.1 Å². The predicted molar refractivity (Wildman–Crippen MR) is 281 cm³/mol. The van der Waals surface area contributed by atoms with Gasteiger partial charge in [-0.2, -0.15) is 0 Å². The molecule has 0 saturated carbocycles. The smallest absolute Gasteiger partial charge is 0.247 e. The third-order valence-electron chi connectivity index (χ3n) is 14.0. The minimum Gasteiger partial charge on any atom is -0.313 e. The minimum atomic E-state index is -2.96. The number of para-hydroxylation sites is 1. The molecule has 4 heteroatoms. The highest BCUT2D eigenvalue weighted by molar-refractivity contribution is 7.20. The van der Waals surface area contributed by atoms with E-state index in [1.54, 1.807) is 0 Å². The molecule has 0 aromatic heterocycles. The molecule has 0 N–H and O–H groups in total.